The van der Waals surface area contributed by atoms with Gasteiger partial charge in [-0.2, -0.15) is 11.8 Å². The molecule has 1 fully saturated rings. The van der Waals surface area contributed by atoms with Gasteiger partial charge in [0, 0.05) is 23.7 Å². The van der Waals surface area contributed by atoms with Gasteiger partial charge in [-0.25, -0.2) is 4.98 Å². The highest BCUT2D eigenvalue weighted by Gasteiger charge is 2.15. The number of pyridine rings is 1. The Morgan fingerprint density at radius 3 is 3.00 bits per heavy atom. The molecule has 0 aliphatic heterocycles. The van der Waals surface area contributed by atoms with Crippen LogP contribution in [0.1, 0.15) is 36.0 Å². The maximum Gasteiger partial charge on any atom is 0.254 e. The smallest absolute Gasteiger partial charge is 0.254 e. The van der Waals surface area contributed by atoms with Crippen molar-refractivity contribution < 1.29 is 4.79 Å². The van der Waals surface area contributed by atoms with Crippen LogP contribution in [0.2, 0.25) is 0 Å². The first kappa shape index (κ1) is 14.7. The summed E-state index contributed by atoms with van der Waals surface area (Å²) in [4.78, 5) is 16.3. The van der Waals surface area contributed by atoms with E-state index in [1.54, 1.807) is 6.20 Å². The highest BCUT2D eigenvalue weighted by Crippen LogP contribution is 2.28. The third kappa shape index (κ3) is 4.42. The van der Waals surface area contributed by atoms with Crippen molar-refractivity contribution in [2.24, 2.45) is 0 Å². The van der Waals surface area contributed by atoms with Crippen molar-refractivity contribution in [1.29, 1.82) is 0 Å². The highest BCUT2D eigenvalue weighted by molar-refractivity contribution is 7.99. The monoisotopic (exact) mass is 296 g/mol. The summed E-state index contributed by atoms with van der Waals surface area (Å²) in [6, 6.07) is 3.64. The van der Waals surface area contributed by atoms with E-state index < -0.39 is 0 Å². The van der Waals surface area contributed by atoms with Gasteiger partial charge >= 0.3 is 0 Å². The molecule has 1 aliphatic rings. The van der Waals surface area contributed by atoms with Gasteiger partial charge in [0.1, 0.15) is 5.03 Å². The predicted molar refractivity (Wildman–Crippen MR) is 83.1 cm³/mol. The van der Waals surface area contributed by atoms with Gasteiger partial charge in [-0.05, 0) is 31.2 Å². The van der Waals surface area contributed by atoms with Crippen molar-refractivity contribution in [2.75, 3.05) is 18.6 Å². The first-order chi connectivity index (χ1) is 9.31. The minimum Gasteiger partial charge on any atom is -0.351 e. The van der Waals surface area contributed by atoms with Crippen LogP contribution >= 0.6 is 23.5 Å². The van der Waals surface area contributed by atoms with Crippen LogP contribution in [0.25, 0.3) is 0 Å². The molecule has 3 nitrogen and oxygen atoms in total. The second-order valence-electron chi connectivity index (χ2n) is 4.59. The van der Waals surface area contributed by atoms with Crippen LogP contribution in [0.5, 0.6) is 0 Å². The fourth-order valence-electron chi connectivity index (χ4n) is 2.27. The van der Waals surface area contributed by atoms with Crippen LogP contribution in [0.15, 0.2) is 23.4 Å². The summed E-state index contributed by atoms with van der Waals surface area (Å²) in [7, 11) is 0. The second kappa shape index (κ2) is 7.80. The molecule has 1 aliphatic carbocycles. The second-order valence-corrected chi connectivity index (χ2v) is 6.80. The number of amides is 1. The number of rotatable bonds is 6. The molecule has 1 aromatic rings. The van der Waals surface area contributed by atoms with E-state index in [4.69, 9.17) is 0 Å². The minimum absolute atomic E-state index is 0.00975. The van der Waals surface area contributed by atoms with Crippen molar-refractivity contribution in [2.45, 2.75) is 36.0 Å². The average Bonchev–Trinajstić information content (AvgIpc) is 2.96. The van der Waals surface area contributed by atoms with E-state index in [1.807, 2.05) is 30.2 Å². The molecule has 0 spiro atoms. The summed E-state index contributed by atoms with van der Waals surface area (Å²) in [6.45, 7) is 0.739. The van der Waals surface area contributed by atoms with Gasteiger partial charge in [0.2, 0.25) is 0 Å². The molecule has 5 heteroatoms. The van der Waals surface area contributed by atoms with E-state index in [0.29, 0.717) is 5.56 Å². The molecule has 1 saturated carbocycles. The van der Waals surface area contributed by atoms with E-state index in [-0.39, 0.29) is 5.91 Å². The first-order valence-electron chi connectivity index (χ1n) is 6.70. The van der Waals surface area contributed by atoms with Crippen LogP contribution in [-0.2, 0) is 0 Å². The van der Waals surface area contributed by atoms with E-state index in [2.05, 4.69) is 10.3 Å². The fourth-order valence-corrected chi connectivity index (χ4v) is 4.03. The normalized spacial score (nSPS) is 15.6. The number of hydrogen-bond donors (Lipinski definition) is 1. The van der Waals surface area contributed by atoms with Crippen molar-refractivity contribution in [3.63, 3.8) is 0 Å². The zero-order chi connectivity index (χ0) is 13.5. The third-order valence-corrected chi connectivity index (χ3v) is 5.35. The maximum absolute atomic E-state index is 12.0. The number of nitrogens with one attached hydrogen (secondary N) is 1. The number of carbonyl (C=O) groups excluding carboxylic acids is 1. The van der Waals surface area contributed by atoms with E-state index in [1.165, 1.54) is 37.4 Å². The summed E-state index contributed by atoms with van der Waals surface area (Å²) >= 11 is 3.50. The molecule has 1 N–H and O–H groups in total. The zero-order valence-corrected chi connectivity index (χ0v) is 12.9. The predicted octanol–water partition coefficient (Wildman–Crippen LogP) is 3.21. The number of hydrogen-bond acceptors (Lipinski definition) is 4. The molecule has 104 valence electrons. The number of nitrogens with zero attached hydrogens (tertiary/aromatic N) is 1. The zero-order valence-electron chi connectivity index (χ0n) is 11.2. The van der Waals surface area contributed by atoms with Crippen molar-refractivity contribution in [3.8, 4) is 0 Å². The summed E-state index contributed by atoms with van der Waals surface area (Å²) < 4.78 is 0. The lowest BCUT2D eigenvalue weighted by atomic mass is 10.3. The lowest BCUT2D eigenvalue weighted by Gasteiger charge is -2.10. The van der Waals surface area contributed by atoms with Crippen molar-refractivity contribution in [1.82, 2.24) is 10.3 Å². The van der Waals surface area contributed by atoms with E-state index in [9.17, 15) is 4.79 Å². The van der Waals surface area contributed by atoms with Gasteiger partial charge in [0.15, 0.2) is 0 Å². The topological polar surface area (TPSA) is 42.0 Å². The Morgan fingerprint density at radius 1 is 1.47 bits per heavy atom. The Kier molecular flexibility index (Phi) is 6.04. The molecule has 1 aromatic heterocycles. The van der Waals surface area contributed by atoms with Gasteiger partial charge in [-0.3, -0.25) is 4.79 Å². The first-order valence-corrected chi connectivity index (χ1v) is 8.97. The SMILES string of the molecule is CSc1ncccc1C(=O)NCCSC1CCCC1. The maximum atomic E-state index is 12.0. The van der Waals surface area contributed by atoms with E-state index >= 15 is 0 Å². The Bertz CT molecular complexity index is 420. The molecule has 19 heavy (non-hydrogen) atoms. The van der Waals surface area contributed by atoms with Gasteiger partial charge in [-0.15, -0.1) is 11.8 Å². The quantitative estimate of drug-likeness (QED) is 0.646. The summed E-state index contributed by atoms with van der Waals surface area (Å²) in [5, 5.41) is 4.60. The Labute approximate surface area is 123 Å². The summed E-state index contributed by atoms with van der Waals surface area (Å²) in [5.74, 6) is 0.995. The summed E-state index contributed by atoms with van der Waals surface area (Å²) in [6.07, 6.45) is 9.09. The molecule has 0 atom stereocenters. The fraction of sp³-hybridized carbons (Fsp3) is 0.571. The largest absolute Gasteiger partial charge is 0.351 e. The van der Waals surface area contributed by atoms with E-state index in [0.717, 1.165) is 22.6 Å². The van der Waals surface area contributed by atoms with Gasteiger partial charge in [0.05, 0.1) is 5.56 Å². The Hall–Kier alpha value is -0.680. The van der Waals surface area contributed by atoms with Crippen LogP contribution in [-0.4, -0.2) is 34.7 Å². The van der Waals surface area contributed by atoms with Gasteiger partial charge < -0.3 is 5.32 Å². The molecule has 0 saturated heterocycles. The van der Waals surface area contributed by atoms with Crippen LogP contribution in [0.4, 0.5) is 0 Å². The molecule has 0 radical (unpaired) electrons. The number of thioether (sulfide) groups is 2. The highest BCUT2D eigenvalue weighted by atomic mass is 32.2. The molecule has 2 rings (SSSR count). The van der Waals surface area contributed by atoms with Crippen LogP contribution < -0.4 is 5.32 Å². The van der Waals surface area contributed by atoms with Crippen LogP contribution in [0, 0.1) is 0 Å². The molecule has 1 amide bonds. The third-order valence-electron chi connectivity index (χ3n) is 3.25. The standard InChI is InChI=1S/C14H20N2OS2/c1-18-14-12(7-4-8-16-14)13(17)15-9-10-19-11-5-2-3-6-11/h4,7-8,11H,2-3,5-6,9-10H2,1H3,(H,15,17). The molecule has 1 heterocycles. The average molecular weight is 296 g/mol. The molecular formula is C14H20N2OS2. The lowest BCUT2D eigenvalue weighted by molar-refractivity contribution is 0.0952. The van der Waals surface area contributed by atoms with Crippen LogP contribution in [0.3, 0.4) is 0 Å². The Morgan fingerprint density at radius 2 is 2.26 bits per heavy atom. The molecule has 0 unspecified atom stereocenters. The minimum atomic E-state index is -0.00975. The molecular weight excluding hydrogens is 276 g/mol. The molecule has 0 bridgehead atoms. The number of aromatic nitrogens is 1. The van der Waals surface area contributed by atoms with Gasteiger partial charge in [-0.1, -0.05) is 12.8 Å². The lowest BCUT2D eigenvalue weighted by Crippen LogP contribution is -2.26. The van der Waals surface area contributed by atoms with Gasteiger partial charge in [0.25, 0.3) is 5.91 Å². The van der Waals surface area contributed by atoms with Crippen molar-refractivity contribution in [3.05, 3.63) is 23.9 Å². The molecule has 0 aromatic carbocycles. The van der Waals surface area contributed by atoms with Crippen molar-refractivity contribution >= 4 is 29.4 Å². The Balaban J connectivity index is 1.74. The number of carbonyl (C=O) groups is 1. The summed E-state index contributed by atoms with van der Waals surface area (Å²) in [5.41, 5.74) is 0.681.